The van der Waals surface area contributed by atoms with Crippen molar-refractivity contribution < 1.29 is 18.1 Å². The molecule has 2 heterocycles. The third-order valence-electron chi connectivity index (χ3n) is 3.99. The van der Waals surface area contributed by atoms with Gasteiger partial charge in [-0.1, -0.05) is 25.1 Å². The molecule has 144 valence electrons. The van der Waals surface area contributed by atoms with E-state index in [2.05, 4.69) is 20.4 Å². The van der Waals surface area contributed by atoms with Gasteiger partial charge in [-0.25, -0.2) is 8.78 Å². The Balaban J connectivity index is 1.76. The second-order valence-electron chi connectivity index (χ2n) is 6.40. The molecule has 8 heteroatoms. The second kappa shape index (κ2) is 8.51. The topological polar surface area (TPSA) is 80.9 Å². The molecule has 0 aliphatic carbocycles. The van der Waals surface area contributed by atoms with Gasteiger partial charge < -0.3 is 9.84 Å². The van der Waals surface area contributed by atoms with Gasteiger partial charge in [0, 0.05) is 29.6 Å². The van der Waals surface area contributed by atoms with Crippen molar-refractivity contribution in [3.8, 4) is 11.4 Å². The summed E-state index contributed by atoms with van der Waals surface area (Å²) in [6.07, 6.45) is 5.39. The molecule has 1 unspecified atom stereocenters. The average Bonchev–Trinajstić information content (AvgIpc) is 3.16. The summed E-state index contributed by atoms with van der Waals surface area (Å²) in [4.78, 5) is 20.6. The quantitative estimate of drug-likeness (QED) is 0.651. The van der Waals surface area contributed by atoms with Crippen molar-refractivity contribution in [1.29, 1.82) is 0 Å². The van der Waals surface area contributed by atoms with Crippen molar-refractivity contribution in [3.05, 3.63) is 71.9 Å². The number of amides is 1. The SMILES string of the molecule is CC(C)C(NC(=O)/C=C/c1c(F)cccc1F)c1nc(-c2cccnc2)no1. The number of hydrogen-bond acceptors (Lipinski definition) is 5. The van der Waals surface area contributed by atoms with Crippen LogP contribution in [-0.4, -0.2) is 21.0 Å². The molecule has 2 aromatic heterocycles. The van der Waals surface area contributed by atoms with Gasteiger partial charge in [0.25, 0.3) is 0 Å². The number of nitrogens with zero attached hydrogens (tertiary/aromatic N) is 3. The van der Waals surface area contributed by atoms with Crippen LogP contribution >= 0.6 is 0 Å². The van der Waals surface area contributed by atoms with Crippen LogP contribution in [0.15, 0.2) is 53.3 Å². The predicted octanol–water partition coefficient (Wildman–Crippen LogP) is 3.94. The predicted molar refractivity (Wildman–Crippen MR) is 98.6 cm³/mol. The minimum Gasteiger partial charge on any atom is -0.340 e. The molecule has 1 N–H and O–H groups in total. The zero-order chi connectivity index (χ0) is 20.1. The van der Waals surface area contributed by atoms with Crippen LogP contribution in [0.3, 0.4) is 0 Å². The molecule has 0 saturated carbocycles. The molecule has 0 saturated heterocycles. The van der Waals surface area contributed by atoms with Gasteiger partial charge in [-0.2, -0.15) is 4.98 Å². The molecule has 1 amide bonds. The van der Waals surface area contributed by atoms with Gasteiger partial charge in [-0.3, -0.25) is 9.78 Å². The first-order valence-corrected chi connectivity index (χ1v) is 8.62. The van der Waals surface area contributed by atoms with E-state index in [0.29, 0.717) is 11.4 Å². The molecule has 0 bridgehead atoms. The lowest BCUT2D eigenvalue weighted by molar-refractivity contribution is -0.117. The van der Waals surface area contributed by atoms with E-state index in [0.717, 1.165) is 24.3 Å². The summed E-state index contributed by atoms with van der Waals surface area (Å²) in [5.41, 5.74) is 0.400. The van der Waals surface area contributed by atoms with Crippen LogP contribution in [0.4, 0.5) is 8.78 Å². The van der Waals surface area contributed by atoms with Crippen LogP contribution in [0, 0.1) is 17.6 Å². The molecule has 1 aromatic carbocycles. The fourth-order valence-corrected chi connectivity index (χ4v) is 2.52. The fourth-order valence-electron chi connectivity index (χ4n) is 2.52. The number of pyridine rings is 1. The van der Waals surface area contributed by atoms with E-state index in [4.69, 9.17) is 4.52 Å². The molecule has 3 rings (SSSR count). The molecule has 0 aliphatic rings. The van der Waals surface area contributed by atoms with Gasteiger partial charge >= 0.3 is 0 Å². The number of rotatable bonds is 6. The Bertz CT molecular complexity index is 967. The number of halogens is 2. The van der Waals surface area contributed by atoms with E-state index in [-0.39, 0.29) is 17.4 Å². The molecule has 0 spiro atoms. The average molecular weight is 384 g/mol. The molecular formula is C20H18F2N4O2. The van der Waals surface area contributed by atoms with Crippen LogP contribution in [-0.2, 0) is 4.79 Å². The lowest BCUT2D eigenvalue weighted by Gasteiger charge is -2.17. The van der Waals surface area contributed by atoms with E-state index in [9.17, 15) is 13.6 Å². The summed E-state index contributed by atoms with van der Waals surface area (Å²) in [5, 5.41) is 6.64. The third-order valence-corrected chi connectivity index (χ3v) is 3.99. The van der Waals surface area contributed by atoms with Gasteiger partial charge in [0.05, 0.1) is 0 Å². The van der Waals surface area contributed by atoms with Gasteiger partial charge in [0.2, 0.25) is 17.6 Å². The first kappa shape index (κ1) is 19.3. The summed E-state index contributed by atoms with van der Waals surface area (Å²) in [6.45, 7) is 3.75. The fraction of sp³-hybridized carbons (Fsp3) is 0.200. The van der Waals surface area contributed by atoms with Crippen LogP contribution in [0.25, 0.3) is 17.5 Å². The third kappa shape index (κ3) is 4.46. The van der Waals surface area contributed by atoms with Gasteiger partial charge in [0.15, 0.2) is 0 Å². The number of nitrogens with one attached hydrogen (secondary N) is 1. The van der Waals surface area contributed by atoms with Gasteiger partial charge in [0.1, 0.15) is 17.7 Å². The number of carbonyl (C=O) groups is 1. The Morgan fingerprint density at radius 2 is 1.93 bits per heavy atom. The van der Waals surface area contributed by atoms with Crippen LogP contribution in [0.1, 0.15) is 31.3 Å². The smallest absolute Gasteiger partial charge is 0.249 e. The Kier molecular flexibility index (Phi) is 5.88. The van der Waals surface area contributed by atoms with Crippen molar-refractivity contribution >= 4 is 12.0 Å². The maximum atomic E-state index is 13.7. The van der Waals surface area contributed by atoms with E-state index in [1.54, 1.807) is 24.5 Å². The Morgan fingerprint density at radius 1 is 1.18 bits per heavy atom. The van der Waals surface area contributed by atoms with Crippen LogP contribution in [0.2, 0.25) is 0 Å². The molecular weight excluding hydrogens is 366 g/mol. The van der Waals surface area contributed by atoms with Crippen molar-refractivity contribution in [2.45, 2.75) is 19.9 Å². The van der Waals surface area contributed by atoms with Crippen molar-refractivity contribution in [2.24, 2.45) is 5.92 Å². The summed E-state index contributed by atoms with van der Waals surface area (Å²) < 4.78 is 32.6. The zero-order valence-electron chi connectivity index (χ0n) is 15.3. The molecule has 3 aromatic rings. The first-order valence-electron chi connectivity index (χ1n) is 8.62. The molecule has 6 nitrogen and oxygen atoms in total. The van der Waals surface area contributed by atoms with E-state index in [1.807, 2.05) is 13.8 Å². The monoisotopic (exact) mass is 384 g/mol. The Hall–Kier alpha value is -3.42. The Morgan fingerprint density at radius 3 is 2.57 bits per heavy atom. The number of carbonyl (C=O) groups excluding carboxylic acids is 1. The van der Waals surface area contributed by atoms with Crippen molar-refractivity contribution in [1.82, 2.24) is 20.4 Å². The van der Waals surface area contributed by atoms with E-state index < -0.39 is 23.6 Å². The summed E-state index contributed by atoms with van der Waals surface area (Å²) >= 11 is 0. The highest BCUT2D eigenvalue weighted by Crippen LogP contribution is 2.23. The molecule has 28 heavy (non-hydrogen) atoms. The maximum absolute atomic E-state index is 13.7. The zero-order valence-corrected chi connectivity index (χ0v) is 15.3. The van der Waals surface area contributed by atoms with E-state index >= 15 is 0 Å². The minimum absolute atomic E-state index is 0.0651. The summed E-state index contributed by atoms with van der Waals surface area (Å²) in [6, 6.07) is 6.47. The molecule has 0 aliphatic heterocycles. The molecule has 1 atom stereocenters. The lowest BCUT2D eigenvalue weighted by atomic mass is 10.0. The van der Waals surface area contributed by atoms with Crippen LogP contribution < -0.4 is 5.32 Å². The van der Waals surface area contributed by atoms with Gasteiger partial charge in [-0.05, 0) is 36.3 Å². The highest BCUT2D eigenvalue weighted by Gasteiger charge is 2.24. The van der Waals surface area contributed by atoms with E-state index in [1.165, 1.54) is 6.07 Å². The molecule has 0 radical (unpaired) electrons. The highest BCUT2D eigenvalue weighted by atomic mass is 19.1. The maximum Gasteiger partial charge on any atom is 0.249 e. The largest absolute Gasteiger partial charge is 0.340 e. The van der Waals surface area contributed by atoms with Crippen molar-refractivity contribution in [3.63, 3.8) is 0 Å². The standard InChI is InChI=1S/C20H18F2N4O2/c1-12(2)18(20-25-19(26-28-20)13-5-4-10-23-11-13)24-17(27)9-8-14-15(21)6-3-7-16(14)22/h3-12,18H,1-2H3,(H,24,27)/b9-8+. The van der Waals surface area contributed by atoms with Crippen molar-refractivity contribution in [2.75, 3.05) is 0 Å². The number of aromatic nitrogens is 3. The molecule has 0 fully saturated rings. The summed E-state index contributed by atoms with van der Waals surface area (Å²) in [7, 11) is 0. The van der Waals surface area contributed by atoms with Crippen LogP contribution in [0.5, 0.6) is 0 Å². The normalized spacial score (nSPS) is 12.5. The number of hydrogen-bond donors (Lipinski definition) is 1. The van der Waals surface area contributed by atoms with Gasteiger partial charge in [-0.15, -0.1) is 0 Å². The first-order chi connectivity index (χ1) is 13.5. The Labute approximate surface area is 160 Å². The lowest BCUT2D eigenvalue weighted by Crippen LogP contribution is -2.30. The minimum atomic E-state index is -0.748. The second-order valence-corrected chi connectivity index (χ2v) is 6.40. The summed E-state index contributed by atoms with van der Waals surface area (Å²) in [5.74, 6) is -1.52. The highest BCUT2D eigenvalue weighted by molar-refractivity contribution is 5.92. The number of benzene rings is 1.